The van der Waals surface area contributed by atoms with Gasteiger partial charge in [-0.3, -0.25) is 4.98 Å². The molecular formula is C18H27N3O2S. The Bertz CT molecular complexity index is 826. The summed E-state index contributed by atoms with van der Waals surface area (Å²) < 4.78 is 26.7. The lowest BCUT2D eigenvalue weighted by Crippen LogP contribution is -2.45. The molecule has 1 aliphatic carbocycles. The number of nitrogens with zero attached hydrogens (tertiary/aromatic N) is 1. The highest BCUT2D eigenvalue weighted by Crippen LogP contribution is 2.34. The van der Waals surface area contributed by atoms with Gasteiger partial charge in [0.05, 0.1) is 15.8 Å². The molecule has 0 aliphatic heterocycles. The minimum absolute atomic E-state index is 0.0511. The molecule has 3 rings (SSSR count). The molecule has 0 amide bonds. The van der Waals surface area contributed by atoms with Crippen molar-refractivity contribution in [1.82, 2.24) is 14.7 Å². The van der Waals surface area contributed by atoms with Crippen molar-refractivity contribution in [2.24, 2.45) is 0 Å². The van der Waals surface area contributed by atoms with E-state index in [4.69, 9.17) is 0 Å². The zero-order valence-electron chi connectivity index (χ0n) is 14.9. The van der Waals surface area contributed by atoms with Crippen LogP contribution in [0.2, 0.25) is 0 Å². The van der Waals surface area contributed by atoms with Crippen LogP contribution in [0.3, 0.4) is 0 Å². The van der Waals surface area contributed by atoms with Crippen LogP contribution in [0.4, 0.5) is 0 Å². The van der Waals surface area contributed by atoms with E-state index in [9.17, 15) is 8.42 Å². The summed E-state index contributed by atoms with van der Waals surface area (Å²) in [7, 11) is -3.27. The molecule has 0 bridgehead atoms. The van der Waals surface area contributed by atoms with E-state index in [0.717, 1.165) is 42.4 Å². The highest BCUT2D eigenvalue weighted by atomic mass is 32.2. The van der Waals surface area contributed by atoms with E-state index in [1.54, 1.807) is 20.8 Å². The fourth-order valence-corrected chi connectivity index (χ4v) is 4.30. The molecule has 0 aromatic carbocycles. The van der Waals surface area contributed by atoms with Crippen LogP contribution in [0.15, 0.2) is 18.2 Å². The number of pyridine rings is 1. The lowest BCUT2D eigenvalue weighted by molar-refractivity contribution is 0.368. The van der Waals surface area contributed by atoms with E-state index >= 15 is 0 Å². The summed E-state index contributed by atoms with van der Waals surface area (Å²) in [6, 6.07) is 6.28. The molecule has 0 saturated heterocycles. The van der Waals surface area contributed by atoms with Gasteiger partial charge in [-0.05, 0) is 77.5 Å². The molecule has 24 heavy (non-hydrogen) atoms. The number of hydrogen-bond acceptors (Lipinski definition) is 3. The maximum absolute atomic E-state index is 12.3. The Kier molecular flexibility index (Phi) is 4.47. The molecule has 1 saturated carbocycles. The zero-order valence-corrected chi connectivity index (χ0v) is 15.7. The molecule has 0 spiro atoms. The molecule has 2 aromatic heterocycles. The van der Waals surface area contributed by atoms with Gasteiger partial charge in [0.2, 0.25) is 10.0 Å². The summed E-state index contributed by atoms with van der Waals surface area (Å²) in [4.78, 5) is 8.04. The summed E-state index contributed by atoms with van der Waals surface area (Å²) in [6.07, 6.45) is 3.73. The van der Waals surface area contributed by atoms with Crippen molar-refractivity contribution in [3.63, 3.8) is 0 Å². The number of H-pyrrole nitrogens is 1. The molecule has 2 N–H and O–H groups in total. The largest absolute Gasteiger partial charge is 0.357 e. The molecular weight excluding hydrogens is 322 g/mol. The van der Waals surface area contributed by atoms with Crippen molar-refractivity contribution >= 4 is 21.1 Å². The van der Waals surface area contributed by atoms with E-state index in [0.29, 0.717) is 5.92 Å². The molecule has 2 aromatic rings. The molecule has 0 radical (unpaired) electrons. The Morgan fingerprint density at radius 3 is 2.46 bits per heavy atom. The van der Waals surface area contributed by atoms with Gasteiger partial charge in [0.15, 0.2) is 0 Å². The first-order valence-electron chi connectivity index (χ1n) is 8.64. The first-order valence-corrected chi connectivity index (χ1v) is 10.1. The molecule has 6 heteroatoms. The Morgan fingerprint density at radius 2 is 1.83 bits per heavy atom. The number of rotatable bonds is 3. The summed E-state index contributed by atoms with van der Waals surface area (Å²) in [5, 5.41) is 0. The van der Waals surface area contributed by atoms with Crippen LogP contribution in [0.25, 0.3) is 11.0 Å². The monoisotopic (exact) mass is 349 g/mol. The summed E-state index contributed by atoms with van der Waals surface area (Å²) in [5.41, 5.74) is 4.33. The third-order valence-corrected chi connectivity index (χ3v) is 7.19. The number of aromatic nitrogens is 2. The third kappa shape index (κ3) is 3.49. The lowest BCUT2D eigenvalue weighted by atomic mass is 9.84. The zero-order chi connectivity index (χ0) is 17.5. The van der Waals surface area contributed by atoms with Crippen molar-refractivity contribution < 1.29 is 8.42 Å². The highest BCUT2D eigenvalue weighted by molar-refractivity contribution is 7.90. The predicted octanol–water partition coefficient (Wildman–Crippen LogP) is 3.62. The first-order chi connectivity index (χ1) is 11.2. The molecule has 0 atom stereocenters. The van der Waals surface area contributed by atoms with Crippen molar-refractivity contribution in [2.75, 3.05) is 0 Å². The minimum atomic E-state index is -3.27. The van der Waals surface area contributed by atoms with E-state index in [1.165, 1.54) is 5.69 Å². The predicted molar refractivity (Wildman–Crippen MR) is 97.6 cm³/mol. The topological polar surface area (TPSA) is 74.8 Å². The first kappa shape index (κ1) is 17.4. The van der Waals surface area contributed by atoms with Crippen LogP contribution >= 0.6 is 0 Å². The van der Waals surface area contributed by atoms with E-state index in [-0.39, 0.29) is 6.04 Å². The fourth-order valence-electron chi connectivity index (χ4n) is 3.27. The second-order valence-electron chi connectivity index (χ2n) is 7.89. The number of aromatic amines is 1. The highest BCUT2D eigenvalue weighted by Gasteiger charge is 2.33. The van der Waals surface area contributed by atoms with Crippen molar-refractivity contribution in [1.29, 1.82) is 0 Å². The molecule has 0 unspecified atom stereocenters. The van der Waals surface area contributed by atoms with Gasteiger partial charge >= 0.3 is 0 Å². The van der Waals surface area contributed by atoms with Gasteiger partial charge in [-0.25, -0.2) is 13.1 Å². The fraction of sp³-hybridized carbons (Fsp3) is 0.611. The lowest BCUT2D eigenvalue weighted by Gasteiger charge is -2.31. The Hall–Kier alpha value is -1.40. The van der Waals surface area contributed by atoms with Crippen LogP contribution in [-0.4, -0.2) is 29.2 Å². The number of nitrogens with one attached hydrogen (secondary N) is 2. The van der Waals surface area contributed by atoms with Gasteiger partial charge < -0.3 is 4.98 Å². The van der Waals surface area contributed by atoms with E-state index in [1.807, 2.05) is 13.0 Å². The Balaban J connectivity index is 1.66. The van der Waals surface area contributed by atoms with Crippen molar-refractivity contribution in [2.45, 2.75) is 70.1 Å². The number of fused-ring (bicyclic) bond motifs is 1. The standard InChI is InChI=1S/C18H27N3O2S/c1-12-5-10-15-17(19-12)11-16(20-15)13-6-8-14(9-7-13)21-24(22,23)18(2,3)4/h5,10-11,13-14,20-21H,6-9H2,1-4H3. The summed E-state index contributed by atoms with van der Waals surface area (Å²) >= 11 is 0. The summed E-state index contributed by atoms with van der Waals surface area (Å²) in [6.45, 7) is 7.21. The SMILES string of the molecule is Cc1ccc2[nH]c(C3CCC(NS(=O)(=O)C(C)(C)C)CC3)cc2n1. The quantitative estimate of drug-likeness (QED) is 0.889. The minimum Gasteiger partial charge on any atom is -0.357 e. The van der Waals surface area contributed by atoms with Crippen LogP contribution < -0.4 is 4.72 Å². The van der Waals surface area contributed by atoms with Crippen LogP contribution in [0.5, 0.6) is 0 Å². The molecule has 2 heterocycles. The van der Waals surface area contributed by atoms with Crippen LogP contribution in [0, 0.1) is 6.92 Å². The number of sulfonamides is 1. The second kappa shape index (κ2) is 6.15. The Morgan fingerprint density at radius 1 is 1.17 bits per heavy atom. The smallest absolute Gasteiger partial charge is 0.216 e. The molecule has 1 fully saturated rings. The molecule has 132 valence electrons. The molecule has 5 nitrogen and oxygen atoms in total. The van der Waals surface area contributed by atoms with E-state index < -0.39 is 14.8 Å². The third-order valence-electron chi connectivity index (χ3n) is 4.93. The van der Waals surface area contributed by atoms with E-state index in [2.05, 4.69) is 26.8 Å². The number of aryl methyl sites for hydroxylation is 1. The van der Waals surface area contributed by atoms with Gasteiger partial charge in [-0.1, -0.05) is 0 Å². The summed E-state index contributed by atoms with van der Waals surface area (Å²) in [5.74, 6) is 0.454. The maximum atomic E-state index is 12.3. The Labute approximate surface area is 144 Å². The van der Waals surface area contributed by atoms with Gasteiger partial charge in [-0.15, -0.1) is 0 Å². The maximum Gasteiger partial charge on any atom is 0.216 e. The van der Waals surface area contributed by atoms with Crippen LogP contribution in [-0.2, 0) is 10.0 Å². The number of hydrogen-bond donors (Lipinski definition) is 2. The van der Waals surface area contributed by atoms with Crippen LogP contribution in [0.1, 0.15) is 63.8 Å². The van der Waals surface area contributed by atoms with Gasteiger partial charge in [0.25, 0.3) is 0 Å². The van der Waals surface area contributed by atoms with Gasteiger partial charge in [0.1, 0.15) is 0 Å². The average molecular weight is 350 g/mol. The van der Waals surface area contributed by atoms with Gasteiger partial charge in [0, 0.05) is 17.4 Å². The van der Waals surface area contributed by atoms with Crippen molar-refractivity contribution in [3.8, 4) is 0 Å². The normalized spacial score (nSPS) is 22.8. The van der Waals surface area contributed by atoms with Crippen molar-refractivity contribution in [3.05, 3.63) is 29.6 Å². The average Bonchev–Trinajstić information content (AvgIpc) is 2.89. The van der Waals surface area contributed by atoms with Gasteiger partial charge in [-0.2, -0.15) is 0 Å². The molecule has 1 aliphatic rings. The second-order valence-corrected chi connectivity index (χ2v) is 10.4.